The zero-order valence-corrected chi connectivity index (χ0v) is 34.1. The summed E-state index contributed by atoms with van der Waals surface area (Å²) in [4.78, 5) is 31.5. The Balaban J connectivity index is 1.80. The molecule has 4 rings (SSSR count). The highest BCUT2D eigenvalue weighted by atomic mass is 35.5. The van der Waals surface area contributed by atoms with Crippen molar-refractivity contribution in [2.75, 3.05) is 20.1 Å². The van der Waals surface area contributed by atoms with Gasteiger partial charge in [-0.3, -0.25) is 14.5 Å². The van der Waals surface area contributed by atoms with E-state index in [1.54, 1.807) is 0 Å². The quantitative estimate of drug-likeness (QED) is 0.239. The zero-order valence-electron chi connectivity index (χ0n) is 35.6. The third-order valence-electron chi connectivity index (χ3n) is 12.6. The molecule has 2 amide bonds. The fourth-order valence-electron chi connectivity index (χ4n) is 8.44. The first-order chi connectivity index (χ1) is 24.4. The molecule has 0 spiro atoms. The predicted octanol–water partition coefficient (Wildman–Crippen LogP) is 10.2. The molecule has 0 aliphatic carbocycles. The van der Waals surface area contributed by atoms with E-state index in [1.165, 1.54) is 6.92 Å². The fraction of sp³-hybridized carbons (Fsp3) is 0.535. The van der Waals surface area contributed by atoms with Gasteiger partial charge < -0.3 is 10.2 Å². The van der Waals surface area contributed by atoms with Gasteiger partial charge in [0.05, 0.1) is 19.7 Å². The molecule has 3 aromatic carbocycles. The predicted molar refractivity (Wildman–Crippen MR) is 211 cm³/mol. The minimum Gasteiger partial charge on any atom is -0.346 e. The number of hydrogen-bond donors (Lipinski definition) is 1. The second-order valence-corrected chi connectivity index (χ2v) is 16.4. The van der Waals surface area contributed by atoms with E-state index in [0.29, 0.717) is 46.2 Å². The van der Waals surface area contributed by atoms with Gasteiger partial charge in [0.1, 0.15) is 0 Å². The van der Waals surface area contributed by atoms with Crippen LogP contribution in [0.5, 0.6) is 0 Å². The van der Waals surface area contributed by atoms with Crippen molar-refractivity contribution in [2.45, 2.75) is 119 Å². The van der Waals surface area contributed by atoms with Crippen LogP contribution < -0.4 is 5.32 Å². The van der Waals surface area contributed by atoms with E-state index in [0.717, 1.165) is 38.9 Å². The highest BCUT2D eigenvalue weighted by molar-refractivity contribution is 6.42. The van der Waals surface area contributed by atoms with Crippen LogP contribution in [0.3, 0.4) is 0 Å². The SMILES string of the molecule is [2H]c1c([2H])c(C)c(C)c(C2(NC(C)=O)CCN(CC(C)[C@@H](c3cc(Cl)c(Cl)c(C)c3C)C(C)N(C)C(=O)c3ccc(C)c(C)c3C)C(C)(C)C2C)c1[2H]. The van der Waals surface area contributed by atoms with Crippen molar-refractivity contribution >= 4 is 35.0 Å². The lowest BCUT2D eigenvalue weighted by molar-refractivity contribution is -0.125. The summed E-state index contributed by atoms with van der Waals surface area (Å²) in [6, 6.07) is 5.64. The number of amides is 2. The normalized spacial score (nSPS) is 21.8. The van der Waals surface area contributed by atoms with Crippen LogP contribution in [0.25, 0.3) is 0 Å². The van der Waals surface area contributed by atoms with E-state index in [1.807, 2.05) is 57.8 Å². The van der Waals surface area contributed by atoms with Gasteiger partial charge in [-0.25, -0.2) is 0 Å². The number of likely N-dealkylation sites (N-methyl/N-ethyl adjacent to an activating group) is 1. The number of carbonyl (C=O) groups excluding carboxylic acids is 2. The summed E-state index contributed by atoms with van der Waals surface area (Å²) in [7, 11) is 1.89. The van der Waals surface area contributed by atoms with Crippen LogP contribution in [0.2, 0.25) is 10.0 Å². The minimum absolute atomic E-state index is 0.00220. The van der Waals surface area contributed by atoms with E-state index in [-0.39, 0.29) is 53.7 Å². The molecule has 0 saturated carbocycles. The molecule has 0 radical (unpaired) electrons. The van der Waals surface area contributed by atoms with Gasteiger partial charge >= 0.3 is 0 Å². The number of likely N-dealkylation sites (tertiary alicyclic amines) is 1. The Morgan fingerprint density at radius 2 is 1.62 bits per heavy atom. The van der Waals surface area contributed by atoms with Crippen LogP contribution in [0.15, 0.2) is 36.3 Å². The van der Waals surface area contributed by atoms with Gasteiger partial charge in [0.2, 0.25) is 5.91 Å². The maximum absolute atomic E-state index is 14.2. The molecule has 0 bridgehead atoms. The molecule has 1 aliphatic heterocycles. The Morgan fingerprint density at radius 3 is 2.24 bits per heavy atom. The van der Waals surface area contributed by atoms with E-state index in [2.05, 4.69) is 65.6 Å². The molecule has 272 valence electrons. The molecule has 5 nitrogen and oxygen atoms in total. The molecule has 1 heterocycles. The molecular formula is C43H59Cl2N3O2. The number of rotatable bonds is 9. The monoisotopic (exact) mass is 722 g/mol. The van der Waals surface area contributed by atoms with Crippen molar-refractivity contribution in [3.63, 3.8) is 0 Å². The third kappa shape index (κ3) is 7.12. The lowest BCUT2D eigenvalue weighted by atomic mass is 9.63. The number of aryl methyl sites for hydroxylation is 1. The molecule has 7 heteroatoms. The van der Waals surface area contributed by atoms with Crippen LogP contribution in [0.1, 0.15) is 118 Å². The second-order valence-electron chi connectivity index (χ2n) is 15.6. The molecule has 4 unspecified atom stereocenters. The van der Waals surface area contributed by atoms with E-state index in [4.69, 9.17) is 27.3 Å². The molecule has 0 aromatic heterocycles. The second kappa shape index (κ2) is 15.0. The number of benzene rings is 3. The van der Waals surface area contributed by atoms with Crippen molar-refractivity contribution < 1.29 is 13.7 Å². The summed E-state index contributed by atoms with van der Waals surface area (Å²) in [6.45, 7) is 27.6. The number of nitrogens with zero attached hydrogens (tertiary/aromatic N) is 2. The van der Waals surface area contributed by atoms with Crippen LogP contribution in [0, 0.1) is 60.3 Å². The average Bonchev–Trinajstić information content (AvgIpc) is 3.09. The van der Waals surface area contributed by atoms with Crippen molar-refractivity contribution in [2.24, 2.45) is 11.8 Å². The number of nitrogens with one attached hydrogen (secondary N) is 1. The average molecular weight is 724 g/mol. The van der Waals surface area contributed by atoms with Crippen molar-refractivity contribution in [1.29, 1.82) is 0 Å². The number of piperidine rings is 1. The fourth-order valence-corrected chi connectivity index (χ4v) is 8.89. The topological polar surface area (TPSA) is 52.7 Å². The van der Waals surface area contributed by atoms with E-state index < -0.39 is 11.1 Å². The summed E-state index contributed by atoms with van der Waals surface area (Å²) >= 11 is 13.4. The van der Waals surface area contributed by atoms with Gasteiger partial charge in [0.25, 0.3) is 5.91 Å². The zero-order chi connectivity index (χ0) is 40.2. The Morgan fingerprint density at radius 1 is 0.980 bits per heavy atom. The Hall–Kier alpha value is -2.86. The standard InChI is InChI=1S/C43H59Cl2N3O2/c1-24-16-15-17-37(28(24)5)43(46-34(11)49)20-21-48(42(12,13)33(43)10)23-26(3)39(36-22-38(44)40(45)31(8)30(36)7)32(9)47(14)41(50)35-19-18-25(2)27(4)29(35)6/h15-19,22,26,32-33,39H,20-21,23H2,1-14H3,(H,46,49)/t26?,32?,33?,39-,43?/m1/s1/i15D,16D,17D. The summed E-state index contributed by atoms with van der Waals surface area (Å²) < 4.78 is 26.2. The maximum atomic E-state index is 14.2. The van der Waals surface area contributed by atoms with Crippen molar-refractivity contribution in [3.8, 4) is 0 Å². The summed E-state index contributed by atoms with van der Waals surface area (Å²) in [5, 5.41) is 4.32. The molecule has 5 atom stereocenters. The number of carbonyl (C=O) groups is 2. The molecule has 3 aromatic rings. The molecule has 1 fully saturated rings. The summed E-state index contributed by atoms with van der Waals surface area (Å²) in [5.41, 5.74) is 7.69. The first-order valence-electron chi connectivity index (χ1n) is 19.3. The maximum Gasteiger partial charge on any atom is 0.254 e. The van der Waals surface area contributed by atoms with E-state index >= 15 is 0 Å². The lowest BCUT2D eigenvalue weighted by Crippen LogP contribution is -2.67. The Kier molecular flexibility index (Phi) is 10.7. The first-order valence-corrected chi connectivity index (χ1v) is 18.6. The highest BCUT2D eigenvalue weighted by Crippen LogP contribution is 2.48. The third-order valence-corrected chi connectivity index (χ3v) is 13.5. The van der Waals surface area contributed by atoms with Crippen molar-refractivity contribution in [3.05, 3.63) is 102 Å². The van der Waals surface area contributed by atoms with E-state index in [9.17, 15) is 9.59 Å². The van der Waals surface area contributed by atoms with Crippen LogP contribution >= 0.6 is 23.2 Å². The van der Waals surface area contributed by atoms with Crippen LogP contribution in [0.4, 0.5) is 0 Å². The summed E-state index contributed by atoms with van der Waals surface area (Å²) in [5.74, 6) is -0.480. The van der Waals surface area contributed by atoms with Crippen molar-refractivity contribution in [1.82, 2.24) is 15.1 Å². The molecular weight excluding hydrogens is 661 g/mol. The Bertz CT molecular complexity index is 1920. The van der Waals surface area contributed by atoms with Gasteiger partial charge in [-0.2, -0.15) is 0 Å². The molecule has 50 heavy (non-hydrogen) atoms. The van der Waals surface area contributed by atoms with Gasteiger partial charge in [-0.1, -0.05) is 61.2 Å². The highest BCUT2D eigenvalue weighted by Gasteiger charge is 2.53. The molecule has 1 N–H and O–H groups in total. The molecule has 1 saturated heterocycles. The number of halogens is 2. The first kappa shape index (κ1) is 35.5. The van der Waals surface area contributed by atoms with Gasteiger partial charge in [0, 0.05) is 56.0 Å². The molecule has 1 aliphatic rings. The Labute approximate surface area is 316 Å². The van der Waals surface area contributed by atoms with Crippen LogP contribution in [-0.4, -0.2) is 53.3 Å². The largest absolute Gasteiger partial charge is 0.346 e. The van der Waals surface area contributed by atoms with Gasteiger partial charge in [0.15, 0.2) is 0 Å². The minimum atomic E-state index is -0.911. The smallest absolute Gasteiger partial charge is 0.254 e. The van der Waals surface area contributed by atoms with Crippen LogP contribution in [-0.2, 0) is 10.3 Å². The lowest BCUT2D eigenvalue weighted by Gasteiger charge is -2.58. The van der Waals surface area contributed by atoms with Gasteiger partial charge in [-0.15, -0.1) is 0 Å². The van der Waals surface area contributed by atoms with Gasteiger partial charge in [-0.05, 0) is 144 Å². The number of hydrogen-bond acceptors (Lipinski definition) is 3. The summed E-state index contributed by atoms with van der Waals surface area (Å²) in [6.07, 6.45) is 0.530.